The number of esters is 2. The average molecular weight is 925 g/mol. The minimum Gasteiger partial charge on any atom is -0.425 e. The number of ether oxygens (including phenoxy) is 2. The second kappa shape index (κ2) is 41.9. The Morgan fingerprint density at radius 3 is 0.833 bits per heavy atom. The molecule has 0 bridgehead atoms. The number of amides is 4. The van der Waals surface area contributed by atoms with Crippen LogP contribution in [0, 0.1) is 0 Å². The number of nitrogens with zero attached hydrogens (tertiary/aromatic N) is 2. The van der Waals surface area contributed by atoms with Gasteiger partial charge in [0, 0.05) is 56.7 Å². The Labute approximate surface area is 402 Å². The van der Waals surface area contributed by atoms with E-state index >= 15 is 0 Å². The zero-order valence-corrected chi connectivity index (χ0v) is 42.2. The van der Waals surface area contributed by atoms with Crippen molar-refractivity contribution in [3.05, 3.63) is 24.3 Å². The molecule has 0 saturated carbocycles. The number of carbonyl (C=O) groups is 6. The molecule has 0 unspecified atom stereocenters. The first-order chi connectivity index (χ1) is 32.3. The monoisotopic (exact) mass is 925 g/mol. The van der Waals surface area contributed by atoms with Crippen LogP contribution in [-0.2, 0) is 38.2 Å². The number of hydrogen-bond donors (Lipinski definition) is 0. The first kappa shape index (κ1) is 58.8. The quantitative estimate of drug-likeness (QED) is 0.0255. The van der Waals surface area contributed by atoms with E-state index in [-0.39, 0.29) is 36.5 Å². The zero-order valence-electron chi connectivity index (χ0n) is 42.2. The van der Waals surface area contributed by atoms with Crippen molar-refractivity contribution >= 4 is 35.6 Å². The van der Waals surface area contributed by atoms with Gasteiger partial charge in [-0.25, -0.2) is 0 Å². The molecule has 0 saturated heterocycles. The molecule has 2 heterocycles. The molecular formula is C56H96N2O8. The highest BCUT2D eigenvalue weighted by Crippen LogP contribution is 2.19. The van der Waals surface area contributed by atoms with Crippen LogP contribution >= 0.6 is 0 Å². The van der Waals surface area contributed by atoms with Gasteiger partial charge in [-0.15, -0.1) is 0 Å². The maximum Gasteiger partial charge on any atom is 0.308 e. The van der Waals surface area contributed by atoms with E-state index in [0.717, 1.165) is 19.3 Å². The number of rotatable bonds is 48. The van der Waals surface area contributed by atoms with Crippen molar-refractivity contribution in [3.8, 4) is 0 Å². The number of hydrogen-bond acceptors (Lipinski definition) is 8. The Bertz CT molecular complexity index is 1260. The fraction of sp³-hybridized carbons (Fsp3) is 0.821. The summed E-state index contributed by atoms with van der Waals surface area (Å²) < 4.78 is 11.2. The van der Waals surface area contributed by atoms with Gasteiger partial charge in [0.2, 0.25) is 6.29 Å². The van der Waals surface area contributed by atoms with Crippen molar-refractivity contribution in [1.82, 2.24) is 9.80 Å². The molecule has 4 amide bonds. The molecule has 0 aromatic carbocycles. The van der Waals surface area contributed by atoms with E-state index in [2.05, 4.69) is 6.92 Å². The van der Waals surface area contributed by atoms with E-state index in [0.29, 0.717) is 58.0 Å². The van der Waals surface area contributed by atoms with Gasteiger partial charge in [0.05, 0.1) is 0 Å². The third kappa shape index (κ3) is 32.4. The summed E-state index contributed by atoms with van der Waals surface area (Å²) in [5, 5.41) is 0. The van der Waals surface area contributed by atoms with Crippen molar-refractivity contribution in [3.63, 3.8) is 0 Å². The van der Waals surface area contributed by atoms with Gasteiger partial charge < -0.3 is 9.47 Å². The van der Waals surface area contributed by atoms with Gasteiger partial charge >= 0.3 is 11.9 Å². The fourth-order valence-electron chi connectivity index (χ4n) is 9.15. The van der Waals surface area contributed by atoms with E-state index in [9.17, 15) is 28.8 Å². The van der Waals surface area contributed by atoms with Crippen LogP contribution < -0.4 is 0 Å². The van der Waals surface area contributed by atoms with E-state index in [1.54, 1.807) is 0 Å². The molecule has 0 aromatic rings. The van der Waals surface area contributed by atoms with Crippen LogP contribution in [0.25, 0.3) is 0 Å². The molecule has 0 spiro atoms. The summed E-state index contributed by atoms with van der Waals surface area (Å²) in [7, 11) is 0. The van der Waals surface area contributed by atoms with Crippen molar-refractivity contribution < 1.29 is 38.2 Å². The van der Waals surface area contributed by atoms with Gasteiger partial charge in [0.1, 0.15) is 0 Å². The van der Waals surface area contributed by atoms with Crippen molar-refractivity contribution in [1.29, 1.82) is 0 Å². The van der Waals surface area contributed by atoms with E-state index in [1.807, 2.05) is 0 Å². The highest BCUT2D eigenvalue weighted by Gasteiger charge is 2.24. The predicted octanol–water partition coefficient (Wildman–Crippen LogP) is 14.7. The predicted molar refractivity (Wildman–Crippen MR) is 267 cm³/mol. The second-order valence-electron chi connectivity index (χ2n) is 19.5. The first-order valence-corrected chi connectivity index (χ1v) is 27.8. The summed E-state index contributed by atoms with van der Waals surface area (Å²) in [5.41, 5.74) is 0. The first-order valence-electron chi connectivity index (χ1n) is 27.8. The van der Waals surface area contributed by atoms with Crippen LogP contribution in [-0.4, -0.2) is 64.7 Å². The van der Waals surface area contributed by atoms with E-state index in [4.69, 9.17) is 9.47 Å². The minimum atomic E-state index is -0.930. The van der Waals surface area contributed by atoms with Gasteiger partial charge in [-0.2, -0.15) is 0 Å². The lowest BCUT2D eigenvalue weighted by molar-refractivity contribution is -0.189. The Hall–Kier alpha value is -3.30. The van der Waals surface area contributed by atoms with Gasteiger partial charge in [0.25, 0.3) is 23.6 Å². The van der Waals surface area contributed by atoms with Crippen molar-refractivity contribution in [2.75, 3.05) is 13.1 Å². The SMILES string of the molecule is CCCCCCCCCCCCCCCCCCCCCCCCCCCCCCCCCCCC(OC(=O)CCCCCN1C(=O)C=CC1=O)OC(=O)CCCCCN1C(=O)C=CC1=O. The summed E-state index contributed by atoms with van der Waals surface area (Å²) in [4.78, 5) is 74.8. The van der Waals surface area contributed by atoms with Gasteiger partial charge in [0.15, 0.2) is 0 Å². The molecule has 2 aliphatic rings. The Morgan fingerprint density at radius 2 is 0.576 bits per heavy atom. The van der Waals surface area contributed by atoms with Crippen molar-refractivity contribution in [2.24, 2.45) is 0 Å². The lowest BCUT2D eigenvalue weighted by atomic mass is 10.0. The molecule has 0 radical (unpaired) electrons. The number of unbranched alkanes of at least 4 members (excludes halogenated alkanes) is 36. The Balaban J connectivity index is 1.40. The molecule has 10 heteroatoms. The molecule has 378 valence electrons. The topological polar surface area (TPSA) is 127 Å². The lowest BCUT2D eigenvalue weighted by Gasteiger charge is -2.19. The number of carbonyl (C=O) groups excluding carboxylic acids is 6. The van der Waals surface area contributed by atoms with Crippen LogP contribution in [0.4, 0.5) is 0 Å². The molecule has 0 N–H and O–H groups in total. The standard InChI is InChI=1S/C56H96N2O8/c1-2-3-4-5-6-7-8-9-10-11-12-13-14-15-16-17-18-19-20-21-22-23-24-25-26-27-28-29-30-31-32-33-38-43-56(65-54(63)41-36-34-39-48-57-50(59)44-45-51(57)60)66-55(64)42-37-35-40-49-58-52(61)46-47-53(58)62/h44-47,56H,2-43,48-49H2,1H3. The number of imide groups is 2. The van der Waals surface area contributed by atoms with Gasteiger partial charge in [-0.3, -0.25) is 38.6 Å². The molecule has 66 heavy (non-hydrogen) atoms. The van der Waals surface area contributed by atoms with Crippen LogP contribution in [0.3, 0.4) is 0 Å². The largest absolute Gasteiger partial charge is 0.425 e. The molecule has 2 aliphatic heterocycles. The second-order valence-corrected chi connectivity index (χ2v) is 19.5. The maximum atomic E-state index is 12.7. The average Bonchev–Trinajstić information content (AvgIpc) is 3.80. The fourth-order valence-corrected chi connectivity index (χ4v) is 9.15. The van der Waals surface area contributed by atoms with Crippen molar-refractivity contribution in [2.45, 2.75) is 283 Å². The highest BCUT2D eigenvalue weighted by molar-refractivity contribution is 6.13. The summed E-state index contributed by atoms with van der Waals surface area (Å²) in [6, 6.07) is 0. The van der Waals surface area contributed by atoms with E-state index in [1.165, 1.54) is 227 Å². The molecule has 0 fully saturated rings. The Kier molecular flexibility index (Phi) is 37.3. The summed E-state index contributed by atoms with van der Waals surface area (Å²) in [5.74, 6) is -2.08. The summed E-state index contributed by atoms with van der Waals surface area (Å²) in [6.07, 6.45) is 53.5. The minimum absolute atomic E-state index is 0.163. The smallest absolute Gasteiger partial charge is 0.308 e. The summed E-state index contributed by atoms with van der Waals surface area (Å²) in [6.45, 7) is 2.94. The maximum absolute atomic E-state index is 12.7. The highest BCUT2D eigenvalue weighted by atomic mass is 16.7. The van der Waals surface area contributed by atoms with E-state index < -0.39 is 18.2 Å². The molecule has 0 aliphatic carbocycles. The molecule has 2 rings (SSSR count). The third-order valence-electron chi connectivity index (χ3n) is 13.4. The normalized spacial score (nSPS) is 13.7. The van der Waals surface area contributed by atoms with Gasteiger partial charge in [-0.1, -0.05) is 225 Å². The zero-order chi connectivity index (χ0) is 47.6. The summed E-state index contributed by atoms with van der Waals surface area (Å²) >= 11 is 0. The lowest BCUT2D eigenvalue weighted by Crippen LogP contribution is -2.30. The van der Waals surface area contributed by atoms with Crippen LogP contribution in [0.2, 0.25) is 0 Å². The molecule has 0 aromatic heterocycles. The molecular weight excluding hydrogens is 829 g/mol. The molecule has 10 nitrogen and oxygen atoms in total. The van der Waals surface area contributed by atoms with Crippen LogP contribution in [0.15, 0.2) is 24.3 Å². The third-order valence-corrected chi connectivity index (χ3v) is 13.4. The van der Waals surface area contributed by atoms with Crippen LogP contribution in [0.5, 0.6) is 0 Å². The van der Waals surface area contributed by atoms with Gasteiger partial charge in [-0.05, 0) is 32.1 Å². The Morgan fingerprint density at radius 1 is 0.348 bits per heavy atom. The molecule has 0 atom stereocenters. The van der Waals surface area contributed by atoms with Crippen LogP contribution in [0.1, 0.15) is 277 Å².